The maximum absolute atomic E-state index is 11.0. The molecule has 1 aliphatic heterocycles. The van der Waals surface area contributed by atoms with Gasteiger partial charge in [-0.15, -0.1) is 0 Å². The van der Waals surface area contributed by atoms with Crippen molar-refractivity contribution in [3.05, 3.63) is 23.9 Å². The Bertz CT molecular complexity index is 363. The number of aromatic nitrogens is 1. The van der Waals surface area contributed by atoms with Crippen LogP contribution in [-0.2, 0) is 4.79 Å². The SMILES string of the molecule is CCNc1ccc([C@@H]2CCCCN2C=O)cn1. The Kier molecular flexibility index (Phi) is 3.96. The number of carbonyl (C=O) groups excluding carboxylic acids is 1. The maximum atomic E-state index is 11.0. The molecule has 0 aliphatic carbocycles. The van der Waals surface area contributed by atoms with Crippen LogP contribution in [0.3, 0.4) is 0 Å². The summed E-state index contributed by atoms with van der Waals surface area (Å²) >= 11 is 0. The zero-order valence-electron chi connectivity index (χ0n) is 10.2. The quantitative estimate of drug-likeness (QED) is 0.811. The molecule has 17 heavy (non-hydrogen) atoms. The molecule has 2 heterocycles. The molecule has 0 spiro atoms. The van der Waals surface area contributed by atoms with E-state index < -0.39 is 0 Å². The van der Waals surface area contributed by atoms with Gasteiger partial charge in [0.15, 0.2) is 0 Å². The van der Waals surface area contributed by atoms with E-state index in [1.54, 1.807) is 0 Å². The number of hydrogen-bond donors (Lipinski definition) is 1. The van der Waals surface area contributed by atoms with Crippen LogP contribution in [0.15, 0.2) is 18.3 Å². The molecule has 1 N–H and O–H groups in total. The Morgan fingerprint density at radius 1 is 1.53 bits per heavy atom. The molecule has 0 unspecified atom stereocenters. The smallest absolute Gasteiger partial charge is 0.210 e. The molecule has 2 rings (SSSR count). The average molecular weight is 233 g/mol. The Balaban J connectivity index is 2.11. The van der Waals surface area contributed by atoms with Crippen molar-refractivity contribution in [3.63, 3.8) is 0 Å². The van der Waals surface area contributed by atoms with Gasteiger partial charge in [0.1, 0.15) is 5.82 Å². The van der Waals surface area contributed by atoms with E-state index in [4.69, 9.17) is 0 Å². The fraction of sp³-hybridized carbons (Fsp3) is 0.538. The van der Waals surface area contributed by atoms with Crippen LogP contribution in [0, 0.1) is 0 Å². The molecule has 1 fully saturated rings. The van der Waals surface area contributed by atoms with Gasteiger partial charge in [0.05, 0.1) is 6.04 Å². The van der Waals surface area contributed by atoms with Gasteiger partial charge < -0.3 is 10.2 Å². The number of amides is 1. The van der Waals surface area contributed by atoms with Crippen molar-refractivity contribution in [2.45, 2.75) is 32.2 Å². The average Bonchev–Trinajstić information content (AvgIpc) is 2.40. The van der Waals surface area contributed by atoms with Crippen LogP contribution in [0.4, 0.5) is 5.82 Å². The van der Waals surface area contributed by atoms with Crippen LogP contribution in [0.25, 0.3) is 0 Å². The minimum atomic E-state index is 0.212. The molecule has 0 bridgehead atoms. The first-order valence-corrected chi connectivity index (χ1v) is 6.26. The lowest BCUT2D eigenvalue weighted by Crippen LogP contribution is -2.32. The topological polar surface area (TPSA) is 45.2 Å². The summed E-state index contributed by atoms with van der Waals surface area (Å²) < 4.78 is 0. The van der Waals surface area contributed by atoms with Gasteiger partial charge in [-0.05, 0) is 37.8 Å². The molecule has 1 aromatic rings. The lowest BCUT2D eigenvalue weighted by Gasteiger charge is -2.32. The molecular weight excluding hydrogens is 214 g/mol. The number of nitrogens with zero attached hydrogens (tertiary/aromatic N) is 2. The van der Waals surface area contributed by atoms with Crippen molar-refractivity contribution in [1.29, 1.82) is 0 Å². The van der Waals surface area contributed by atoms with Gasteiger partial charge >= 0.3 is 0 Å². The van der Waals surface area contributed by atoms with Crippen molar-refractivity contribution >= 4 is 12.2 Å². The summed E-state index contributed by atoms with van der Waals surface area (Å²) in [5.74, 6) is 0.893. The second-order valence-corrected chi connectivity index (χ2v) is 4.36. The molecule has 1 amide bonds. The summed E-state index contributed by atoms with van der Waals surface area (Å²) in [6, 6.07) is 4.26. The number of piperidine rings is 1. The van der Waals surface area contributed by atoms with Crippen molar-refractivity contribution in [2.75, 3.05) is 18.4 Å². The highest BCUT2D eigenvalue weighted by Gasteiger charge is 2.22. The van der Waals surface area contributed by atoms with E-state index in [-0.39, 0.29) is 6.04 Å². The van der Waals surface area contributed by atoms with Gasteiger partial charge in [-0.25, -0.2) is 4.98 Å². The Morgan fingerprint density at radius 3 is 3.06 bits per heavy atom. The Hall–Kier alpha value is -1.58. The van der Waals surface area contributed by atoms with Crippen LogP contribution < -0.4 is 5.32 Å². The third kappa shape index (κ3) is 2.75. The van der Waals surface area contributed by atoms with Crippen LogP contribution >= 0.6 is 0 Å². The van der Waals surface area contributed by atoms with Gasteiger partial charge in [-0.2, -0.15) is 0 Å². The Morgan fingerprint density at radius 2 is 2.41 bits per heavy atom. The molecular formula is C13H19N3O. The van der Waals surface area contributed by atoms with Gasteiger partial charge in [0.25, 0.3) is 0 Å². The monoisotopic (exact) mass is 233 g/mol. The standard InChI is InChI=1S/C13H19N3O/c1-2-14-13-7-6-11(9-15-13)12-5-3-4-8-16(12)10-17/h6-7,9-10,12H,2-5,8H2,1H3,(H,14,15)/t12-/m0/s1. The van der Waals surface area contributed by atoms with Gasteiger partial charge in [-0.3, -0.25) is 4.79 Å². The summed E-state index contributed by atoms with van der Waals surface area (Å²) in [6.45, 7) is 3.78. The van der Waals surface area contributed by atoms with E-state index in [1.807, 2.05) is 24.1 Å². The third-order valence-corrected chi connectivity index (χ3v) is 3.21. The van der Waals surface area contributed by atoms with E-state index in [1.165, 1.54) is 6.42 Å². The first-order valence-electron chi connectivity index (χ1n) is 6.26. The van der Waals surface area contributed by atoms with Crippen molar-refractivity contribution < 1.29 is 4.79 Å². The van der Waals surface area contributed by atoms with Crippen LogP contribution in [0.5, 0.6) is 0 Å². The van der Waals surface area contributed by atoms with Gasteiger partial charge in [0.2, 0.25) is 6.41 Å². The van der Waals surface area contributed by atoms with E-state index in [9.17, 15) is 4.79 Å². The summed E-state index contributed by atoms with van der Waals surface area (Å²) in [7, 11) is 0. The fourth-order valence-electron chi connectivity index (χ4n) is 2.33. The second-order valence-electron chi connectivity index (χ2n) is 4.36. The minimum Gasteiger partial charge on any atom is -0.370 e. The zero-order valence-corrected chi connectivity index (χ0v) is 10.2. The highest BCUT2D eigenvalue weighted by atomic mass is 16.1. The lowest BCUT2D eigenvalue weighted by atomic mass is 9.97. The van der Waals surface area contributed by atoms with Crippen molar-refractivity contribution in [2.24, 2.45) is 0 Å². The second kappa shape index (κ2) is 5.66. The molecule has 1 atom stereocenters. The molecule has 0 aromatic carbocycles. The predicted molar refractivity (Wildman–Crippen MR) is 67.8 cm³/mol. The summed E-state index contributed by atoms with van der Waals surface area (Å²) in [5, 5.41) is 3.17. The van der Waals surface area contributed by atoms with Crippen LogP contribution in [0.1, 0.15) is 37.8 Å². The fourth-order valence-corrected chi connectivity index (χ4v) is 2.33. The molecule has 1 saturated heterocycles. The number of rotatable bonds is 4. The van der Waals surface area contributed by atoms with E-state index in [2.05, 4.69) is 16.4 Å². The normalized spacial score (nSPS) is 20.1. The number of hydrogen-bond acceptors (Lipinski definition) is 3. The van der Waals surface area contributed by atoms with E-state index in [0.717, 1.165) is 43.7 Å². The predicted octanol–water partition coefficient (Wildman–Crippen LogP) is 2.20. The minimum absolute atomic E-state index is 0.212. The van der Waals surface area contributed by atoms with Crippen LogP contribution in [-0.4, -0.2) is 29.4 Å². The van der Waals surface area contributed by atoms with E-state index >= 15 is 0 Å². The van der Waals surface area contributed by atoms with Gasteiger partial charge in [0, 0.05) is 19.3 Å². The van der Waals surface area contributed by atoms with Crippen molar-refractivity contribution in [1.82, 2.24) is 9.88 Å². The number of pyridine rings is 1. The summed E-state index contributed by atoms with van der Waals surface area (Å²) in [6.07, 6.45) is 6.18. The molecule has 1 aliphatic rings. The largest absolute Gasteiger partial charge is 0.370 e. The Labute approximate surface area is 102 Å². The summed E-state index contributed by atoms with van der Waals surface area (Å²) in [5.41, 5.74) is 1.14. The maximum Gasteiger partial charge on any atom is 0.210 e. The number of likely N-dealkylation sites (tertiary alicyclic amines) is 1. The third-order valence-electron chi connectivity index (χ3n) is 3.21. The first kappa shape index (κ1) is 11.9. The number of nitrogens with one attached hydrogen (secondary N) is 1. The molecule has 0 saturated carbocycles. The highest BCUT2D eigenvalue weighted by molar-refractivity contribution is 5.49. The molecule has 1 aromatic heterocycles. The molecule has 92 valence electrons. The van der Waals surface area contributed by atoms with Crippen molar-refractivity contribution in [3.8, 4) is 0 Å². The lowest BCUT2D eigenvalue weighted by molar-refractivity contribution is -0.121. The zero-order chi connectivity index (χ0) is 12.1. The van der Waals surface area contributed by atoms with E-state index in [0.29, 0.717) is 0 Å². The first-order chi connectivity index (χ1) is 8.35. The van der Waals surface area contributed by atoms with Gasteiger partial charge in [-0.1, -0.05) is 6.07 Å². The summed E-state index contributed by atoms with van der Waals surface area (Å²) in [4.78, 5) is 17.2. The number of carbonyl (C=O) groups is 1. The molecule has 4 nitrogen and oxygen atoms in total. The highest BCUT2D eigenvalue weighted by Crippen LogP contribution is 2.29. The molecule has 4 heteroatoms. The number of anilines is 1. The molecule has 0 radical (unpaired) electrons. The van der Waals surface area contributed by atoms with Crippen LogP contribution in [0.2, 0.25) is 0 Å².